The first-order chi connectivity index (χ1) is 8.31. The second-order valence-corrected chi connectivity index (χ2v) is 3.95. The Morgan fingerprint density at radius 1 is 1.24 bits per heavy atom. The smallest absolute Gasteiger partial charge is 0.162 e. The van der Waals surface area contributed by atoms with Crippen LogP contribution < -0.4 is 16.0 Å². The fourth-order valence-corrected chi connectivity index (χ4v) is 2.12. The number of nitrogen functional groups attached to an aromatic ring is 1. The SMILES string of the molecule is COc1ccc2c(c1)-c1nnc(NN)cc1C2. The van der Waals surface area contributed by atoms with E-state index >= 15 is 0 Å². The van der Waals surface area contributed by atoms with Crippen LogP contribution >= 0.6 is 0 Å². The van der Waals surface area contributed by atoms with Gasteiger partial charge in [0.1, 0.15) is 5.75 Å². The van der Waals surface area contributed by atoms with E-state index in [0.717, 1.165) is 29.0 Å². The van der Waals surface area contributed by atoms with Gasteiger partial charge in [-0.15, -0.1) is 10.2 Å². The number of anilines is 1. The fraction of sp³-hybridized carbons (Fsp3) is 0.167. The maximum absolute atomic E-state index is 5.32. The Bertz CT molecular complexity index is 583. The molecule has 0 bridgehead atoms. The van der Waals surface area contributed by atoms with Crippen molar-refractivity contribution in [3.05, 3.63) is 35.4 Å². The van der Waals surface area contributed by atoms with Crippen molar-refractivity contribution in [2.24, 2.45) is 5.84 Å². The maximum Gasteiger partial charge on any atom is 0.162 e. The molecular weight excluding hydrogens is 216 g/mol. The minimum atomic E-state index is 0.587. The van der Waals surface area contributed by atoms with Crippen molar-refractivity contribution in [3.63, 3.8) is 0 Å². The molecule has 0 atom stereocenters. The van der Waals surface area contributed by atoms with Crippen molar-refractivity contribution in [1.29, 1.82) is 0 Å². The zero-order valence-corrected chi connectivity index (χ0v) is 9.40. The number of hydrazine groups is 1. The number of hydrogen-bond acceptors (Lipinski definition) is 5. The van der Waals surface area contributed by atoms with Gasteiger partial charge in [0.25, 0.3) is 0 Å². The van der Waals surface area contributed by atoms with Gasteiger partial charge in [-0.25, -0.2) is 5.84 Å². The Kier molecular flexibility index (Phi) is 2.19. The molecule has 0 aliphatic heterocycles. The molecule has 86 valence electrons. The quantitative estimate of drug-likeness (QED) is 0.511. The lowest BCUT2D eigenvalue weighted by molar-refractivity contribution is 0.415. The van der Waals surface area contributed by atoms with Gasteiger partial charge in [-0.1, -0.05) is 6.07 Å². The molecular formula is C12H12N4O. The second-order valence-electron chi connectivity index (χ2n) is 3.95. The minimum Gasteiger partial charge on any atom is -0.497 e. The van der Waals surface area contributed by atoms with Gasteiger partial charge in [0.05, 0.1) is 12.8 Å². The molecule has 0 saturated carbocycles. The number of nitrogens with zero attached hydrogens (tertiary/aromatic N) is 2. The Morgan fingerprint density at radius 3 is 2.88 bits per heavy atom. The number of methoxy groups -OCH3 is 1. The summed E-state index contributed by atoms with van der Waals surface area (Å²) in [7, 11) is 1.66. The molecule has 2 aromatic rings. The van der Waals surface area contributed by atoms with E-state index in [-0.39, 0.29) is 0 Å². The zero-order chi connectivity index (χ0) is 11.8. The molecule has 1 aromatic heterocycles. The number of hydrogen-bond donors (Lipinski definition) is 2. The highest BCUT2D eigenvalue weighted by Crippen LogP contribution is 2.37. The van der Waals surface area contributed by atoms with Crippen molar-refractivity contribution >= 4 is 5.82 Å². The molecule has 3 rings (SSSR count). The van der Waals surface area contributed by atoms with Crippen molar-refractivity contribution in [2.75, 3.05) is 12.5 Å². The van der Waals surface area contributed by atoms with E-state index in [0.29, 0.717) is 5.82 Å². The van der Waals surface area contributed by atoms with Crippen LogP contribution in [0.3, 0.4) is 0 Å². The van der Waals surface area contributed by atoms with Crippen LogP contribution in [0.2, 0.25) is 0 Å². The maximum atomic E-state index is 5.32. The van der Waals surface area contributed by atoms with E-state index < -0.39 is 0 Å². The molecule has 1 aliphatic rings. The lowest BCUT2D eigenvalue weighted by atomic mass is 10.1. The highest BCUT2D eigenvalue weighted by atomic mass is 16.5. The van der Waals surface area contributed by atoms with Crippen molar-refractivity contribution in [2.45, 2.75) is 6.42 Å². The van der Waals surface area contributed by atoms with E-state index in [1.54, 1.807) is 7.11 Å². The molecule has 0 amide bonds. The monoisotopic (exact) mass is 228 g/mol. The van der Waals surface area contributed by atoms with Crippen LogP contribution in [0.4, 0.5) is 5.82 Å². The molecule has 0 unspecified atom stereocenters. The van der Waals surface area contributed by atoms with Gasteiger partial charge in [-0.3, -0.25) is 0 Å². The van der Waals surface area contributed by atoms with Crippen LogP contribution in [-0.2, 0) is 6.42 Å². The number of ether oxygens (including phenoxy) is 1. The molecule has 0 saturated heterocycles. The average molecular weight is 228 g/mol. The van der Waals surface area contributed by atoms with Crippen molar-refractivity contribution in [1.82, 2.24) is 10.2 Å². The van der Waals surface area contributed by atoms with Gasteiger partial charge in [-0.05, 0) is 29.3 Å². The third-order valence-electron chi connectivity index (χ3n) is 2.97. The van der Waals surface area contributed by atoms with E-state index in [4.69, 9.17) is 10.6 Å². The predicted octanol–water partition coefficient (Wildman–Crippen LogP) is 1.34. The Balaban J connectivity index is 2.13. The summed E-state index contributed by atoms with van der Waals surface area (Å²) in [5.41, 5.74) is 6.89. The number of benzene rings is 1. The van der Waals surface area contributed by atoms with Crippen LogP contribution in [0, 0.1) is 0 Å². The van der Waals surface area contributed by atoms with Gasteiger partial charge in [-0.2, -0.15) is 0 Å². The first-order valence-corrected chi connectivity index (χ1v) is 5.32. The lowest BCUT2D eigenvalue weighted by Crippen LogP contribution is -2.09. The van der Waals surface area contributed by atoms with E-state index in [9.17, 15) is 0 Å². The Hall–Kier alpha value is -2.14. The lowest BCUT2D eigenvalue weighted by Gasteiger charge is -2.03. The Morgan fingerprint density at radius 2 is 2.12 bits per heavy atom. The number of aromatic nitrogens is 2. The minimum absolute atomic E-state index is 0.587. The van der Waals surface area contributed by atoms with Crippen LogP contribution in [0.25, 0.3) is 11.3 Å². The third-order valence-corrected chi connectivity index (χ3v) is 2.97. The molecule has 1 aromatic carbocycles. The number of rotatable bonds is 2. The zero-order valence-electron chi connectivity index (χ0n) is 9.40. The molecule has 1 aliphatic carbocycles. The first-order valence-electron chi connectivity index (χ1n) is 5.32. The van der Waals surface area contributed by atoms with Crippen LogP contribution in [-0.4, -0.2) is 17.3 Å². The summed E-state index contributed by atoms with van der Waals surface area (Å²) >= 11 is 0. The number of nitrogens with one attached hydrogen (secondary N) is 1. The third kappa shape index (κ3) is 1.52. The van der Waals surface area contributed by atoms with Crippen molar-refractivity contribution in [3.8, 4) is 17.0 Å². The van der Waals surface area contributed by atoms with Gasteiger partial charge >= 0.3 is 0 Å². The normalized spacial score (nSPS) is 11.9. The van der Waals surface area contributed by atoms with Crippen molar-refractivity contribution < 1.29 is 4.74 Å². The molecule has 0 fully saturated rings. The highest BCUT2D eigenvalue weighted by molar-refractivity contribution is 5.75. The number of fused-ring (bicyclic) bond motifs is 3. The fourth-order valence-electron chi connectivity index (χ4n) is 2.12. The summed E-state index contributed by atoms with van der Waals surface area (Å²) in [6.45, 7) is 0. The summed E-state index contributed by atoms with van der Waals surface area (Å²) < 4.78 is 5.22. The predicted molar refractivity (Wildman–Crippen MR) is 64.6 cm³/mol. The standard InChI is InChI=1S/C12H12N4O/c1-17-9-3-2-7-4-8-5-11(14-13)15-16-12(8)10(7)6-9/h2-3,5-6H,4,13H2,1H3,(H,14,15). The summed E-state index contributed by atoms with van der Waals surface area (Å²) in [5, 5.41) is 8.20. The molecule has 17 heavy (non-hydrogen) atoms. The highest BCUT2D eigenvalue weighted by Gasteiger charge is 2.21. The van der Waals surface area contributed by atoms with E-state index in [1.165, 1.54) is 5.56 Å². The van der Waals surface area contributed by atoms with Crippen LogP contribution in [0.1, 0.15) is 11.1 Å². The van der Waals surface area contributed by atoms with Gasteiger partial charge in [0.15, 0.2) is 5.82 Å². The van der Waals surface area contributed by atoms with Gasteiger partial charge in [0, 0.05) is 12.0 Å². The second kappa shape index (κ2) is 3.71. The molecule has 3 N–H and O–H groups in total. The summed E-state index contributed by atoms with van der Waals surface area (Å²) in [4.78, 5) is 0. The summed E-state index contributed by atoms with van der Waals surface area (Å²) in [6, 6.07) is 7.94. The molecule has 5 nitrogen and oxygen atoms in total. The molecule has 5 heteroatoms. The van der Waals surface area contributed by atoms with Crippen LogP contribution in [0.15, 0.2) is 24.3 Å². The average Bonchev–Trinajstić information content (AvgIpc) is 2.74. The topological polar surface area (TPSA) is 73.1 Å². The summed E-state index contributed by atoms with van der Waals surface area (Å²) in [6.07, 6.45) is 0.860. The first kappa shape index (κ1) is 10.0. The molecule has 0 radical (unpaired) electrons. The van der Waals surface area contributed by atoms with E-state index in [2.05, 4.69) is 21.7 Å². The summed E-state index contributed by atoms with van der Waals surface area (Å²) in [5.74, 6) is 6.74. The van der Waals surface area contributed by atoms with E-state index in [1.807, 2.05) is 18.2 Å². The molecule has 0 spiro atoms. The largest absolute Gasteiger partial charge is 0.497 e. The molecule has 1 heterocycles. The Labute approximate surface area is 98.6 Å². The van der Waals surface area contributed by atoms with Gasteiger partial charge in [0.2, 0.25) is 0 Å². The number of nitrogens with two attached hydrogens (primary N) is 1. The van der Waals surface area contributed by atoms with Crippen LogP contribution in [0.5, 0.6) is 5.75 Å². The van der Waals surface area contributed by atoms with Gasteiger partial charge < -0.3 is 10.2 Å².